The number of carbonyl (C=O) groups excluding carboxylic acids is 3. The topological polar surface area (TPSA) is 78.5 Å². The molecule has 124 valence electrons. The Kier molecular flexibility index (Phi) is 4.91. The van der Waals surface area contributed by atoms with Gasteiger partial charge in [-0.05, 0) is 36.8 Å². The predicted octanol–water partition coefficient (Wildman–Crippen LogP) is 1.80. The Balaban J connectivity index is 1.51. The first-order chi connectivity index (χ1) is 11.0. The molecule has 1 atom stereocenters. The summed E-state index contributed by atoms with van der Waals surface area (Å²) in [5.41, 5.74) is 6.07. The standard InChI is InChI=1S/C15H19N3O3S2/c1-9-2-3-11-10(6-9)7-12(23-11)14(20)17-16-13(19)8-18-4-5-22-15(18)21/h7,9H,2-6,8H2,1H3,(H,16,19)(H,17,20)/t9-/m1/s1. The fourth-order valence-electron chi connectivity index (χ4n) is 2.79. The van der Waals surface area contributed by atoms with Crippen molar-refractivity contribution < 1.29 is 14.4 Å². The Bertz CT molecular complexity index is 644. The van der Waals surface area contributed by atoms with E-state index in [1.165, 1.54) is 38.4 Å². The Hall–Kier alpha value is -1.54. The number of carbonyl (C=O) groups is 3. The van der Waals surface area contributed by atoms with Crippen molar-refractivity contribution in [2.45, 2.75) is 26.2 Å². The maximum atomic E-state index is 12.1. The number of thiophene rings is 1. The summed E-state index contributed by atoms with van der Waals surface area (Å²) < 4.78 is 0. The summed E-state index contributed by atoms with van der Waals surface area (Å²) in [5.74, 6) is 0.678. The molecule has 6 nitrogen and oxygen atoms in total. The van der Waals surface area contributed by atoms with Crippen LogP contribution in [-0.2, 0) is 17.6 Å². The minimum absolute atomic E-state index is 0.0232. The van der Waals surface area contributed by atoms with Gasteiger partial charge >= 0.3 is 0 Å². The first-order valence-corrected chi connectivity index (χ1v) is 9.45. The van der Waals surface area contributed by atoms with Gasteiger partial charge in [-0.3, -0.25) is 25.2 Å². The Morgan fingerprint density at radius 1 is 1.39 bits per heavy atom. The van der Waals surface area contributed by atoms with Gasteiger partial charge in [0.25, 0.3) is 17.1 Å². The molecule has 3 rings (SSSR count). The molecule has 2 N–H and O–H groups in total. The molecule has 2 heterocycles. The molecule has 2 aliphatic rings. The van der Waals surface area contributed by atoms with Crippen molar-refractivity contribution >= 4 is 40.2 Å². The molecular formula is C15H19N3O3S2. The molecule has 1 saturated heterocycles. The van der Waals surface area contributed by atoms with E-state index in [1.807, 2.05) is 6.07 Å². The zero-order chi connectivity index (χ0) is 16.4. The lowest BCUT2D eigenvalue weighted by Crippen LogP contribution is -2.46. The summed E-state index contributed by atoms with van der Waals surface area (Å²) in [6.45, 7) is 2.77. The fourth-order valence-corrected chi connectivity index (χ4v) is 4.72. The minimum atomic E-state index is -0.385. The maximum Gasteiger partial charge on any atom is 0.282 e. The number of rotatable bonds is 3. The van der Waals surface area contributed by atoms with Gasteiger partial charge in [-0.2, -0.15) is 0 Å². The van der Waals surface area contributed by atoms with Crippen LogP contribution in [0.15, 0.2) is 6.07 Å². The minimum Gasteiger partial charge on any atom is -0.323 e. The Labute approximate surface area is 143 Å². The number of thioether (sulfide) groups is 1. The van der Waals surface area contributed by atoms with Crippen LogP contribution in [0.4, 0.5) is 4.79 Å². The van der Waals surface area contributed by atoms with Gasteiger partial charge in [-0.1, -0.05) is 18.7 Å². The number of aryl methyl sites for hydroxylation is 1. The smallest absolute Gasteiger partial charge is 0.282 e. The molecular weight excluding hydrogens is 334 g/mol. The van der Waals surface area contributed by atoms with Crippen LogP contribution < -0.4 is 10.9 Å². The molecule has 3 amide bonds. The molecule has 0 spiro atoms. The van der Waals surface area contributed by atoms with E-state index in [1.54, 1.807) is 0 Å². The van der Waals surface area contributed by atoms with Crippen LogP contribution in [-0.4, -0.2) is 40.8 Å². The number of hydrogen-bond acceptors (Lipinski definition) is 5. The lowest BCUT2D eigenvalue weighted by atomic mass is 9.90. The van der Waals surface area contributed by atoms with Crippen molar-refractivity contribution in [1.82, 2.24) is 15.8 Å². The third-order valence-corrected chi connectivity index (χ3v) is 6.18. The molecule has 8 heteroatoms. The lowest BCUT2D eigenvalue weighted by molar-refractivity contribution is -0.122. The van der Waals surface area contributed by atoms with Crippen LogP contribution in [0.5, 0.6) is 0 Å². The molecule has 0 radical (unpaired) electrons. The normalized spacial score (nSPS) is 20.3. The van der Waals surface area contributed by atoms with Crippen LogP contribution in [0.3, 0.4) is 0 Å². The highest BCUT2D eigenvalue weighted by atomic mass is 32.2. The number of fused-ring (bicyclic) bond motifs is 1. The summed E-state index contributed by atoms with van der Waals surface area (Å²) in [5, 5.41) is -0.0912. The highest BCUT2D eigenvalue weighted by molar-refractivity contribution is 8.13. The largest absolute Gasteiger partial charge is 0.323 e. The van der Waals surface area contributed by atoms with E-state index in [0.717, 1.165) is 19.3 Å². The highest BCUT2D eigenvalue weighted by Gasteiger charge is 2.24. The van der Waals surface area contributed by atoms with E-state index in [-0.39, 0.29) is 23.6 Å². The second-order valence-corrected chi connectivity index (χ2v) is 8.13. The summed E-state index contributed by atoms with van der Waals surface area (Å²) in [6, 6.07) is 1.93. The molecule has 1 fully saturated rings. The van der Waals surface area contributed by atoms with Crippen molar-refractivity contribution in [2.75, 3.05) is 18.8 Å². The number of nitrogens with one attached hydrogen (secondary N) is 2. The van der Waals surface area contributed by atoms with E-state index in [0.29, 0.717) is 23.1 Å². The zero-order valence-corrected chi connectivity index (χ0v) is 14.5. The molecule has 1 aromatic rings. The van der Waals surface area contributed by atoms with Crippen LogP contribution >= 0.6 is 23.1 Å². The fraction of sp³-hybridized carbons (Fsp3) is 0.533. The molecule has 1 aromatic heterocycles. The summed E-state index contributed by atoms with van der Waals surface area (Å²) in [7, 11) is 0. The monoisotopic (exact) mass is 353 g/mol. The van der Waals surface area contributed by atoms with Gasteiger partial charge in [-0.15, -0.1) is 11.3 Å². The van der Waals surface area contributed by atoms with Crippen molar-refractivity contribution in [1.29, 1.82) is 0 Å². The maximum absolute atomic E-state index is 12.1. The predicted molar refractivity (Wildman–Crippen MR) is 90.5 cm³/mol. The quantitative estimate of drug-likeness (QED) is 0.812. The lowest BCUT2D eigenvalue weighted by Gasteiger charge is -2.16. The first kappa shape index (κ1) is 16.3. The van der Waals surface area contributed by atoms with E-state index >= 15 is 0 Å². The van der Waals surface area contributed by atoms with Gasteiger partial charge in [0.2, 0.25) is 0 Å². The van der Waals surface area contributed by atoms with E-state index < -0.39 is 0 Å². The van der Waals surface area contributed by atoms with Gasteiger partial charge in [0, 0.05) is 17.2 Å². The van der Waals surface area contributed by atoms with E-state index in [2.05, 4.69) is 17.8 Å². The Morgan fingerprint density at radius 3 is 2.96 bits per heavy atom. The Morgan fingerprint density at radius 2 is 2.22 bits per heavy atom. The SMILES string of the molecule is C[C@@H]1CCc2sc(C(=O)NNC(=O)CN3CCSC3=O)cc2C1. The highest BCUT2D eigenvalue weighted by Crippen LogP contribution is 2.32. The number of amides is 3. The van der Waals surface area contributed by atoms with Gasteiger partial charge in [-0.25, -0.2) is 0 Å². The molecule has 0 unspecified atom stereocenters. The van der Waals surface area contributed by atoms with Crippen LogP contribution in [0.25, 0.3) is 0 Å². The molecule has 23 heavy (non-hydrogen) atoms. The van der Waals surface area contributed by atoms with Crippen LogP contribution in [0.1, 0.15) is 33.5 Å². The van der Waals surface area contributed by atoms with Crippen molar-refractivity contribution in [2.24, 2.45) is 5.92 Å². The molecule has 0 saturated carbocycles. The summed E-state index contributed by atoms with van der Waals surface area (Å²) in [4.78, 5) is 38.7. The van der Waals surface area contributed by atoms with E-state index in [9.17, 15) is 14.4 Å². The van der Waals surface area contributed by atoms with Crippen LogP contribution in [0.2, 0.25) is 0 Å². The first-order valence-electron chi connectivity index (χ1n) is 7.65. The number of hydrazine groups is 1. The van der Waals surface area contributed by atoms with Crippen LogP contribution in [0, 0.1) is 5.92 Å². The molecule has 1 aliphatic heterocycles. The van der Waals surface area contributed by atoms with Gasteiger partial charge in [0.05, 0.1) is 4.88 Å². The molecule has 1 aliphatic carbocycles. The second-order valence-electron chi connectivity index (χ2n) is 5.95. The number of nitrogens with zero attached hydrogens (tertiary/aromatic N) is 1. The van der Waals surface area contributed by atoms with Crippen molar-refractivity contribution in [3.63, 3.8) is 0 Å². The third kappa shape index (κ3) is 3.87. The molecule has 0 bridgehead atoms. The summed E-state index contributed by atoms with van der Waals surface area (Å²) in [6.07, 6.45) is 3.20. The van der Waals surface area contributed by atoms with E-state index in [4.69, 9.17) is 0 Å². The molecule has 0 aromatic carbocycles. The van der Waals surface area contributed by atoms with Gasteiger partial charge in [0.15, 0.2) is 0 Å². The van der Waals surface area contributed by atoms with Crippen molar-refractivity contribution in [3.05, 3.63) is 21.4 Å². The third-order valence-electron chi connectivity index (χ3n) is 4.05. The van der Waals surface area contributed by atoms with Crippen molar-refractivity contribution in [3.8, 4) is 0 Å². The zero-order valence-electron chi connectivity index (χ0n) is 12.9. The second kappa shape index (κ2) is 6.92. The average Bonchev–Trinajstić information content (AvgIpc) is 3.11. The number of hydrogen-bond donors (Lipinski definition) is 2. The van der Waals surface area contributed by atoms with Gasteiger partial charge < -0.3 is 4.90 Å². The van der Waals surface area contributed by atoms with Gasteiger partial charge in [0.1, 0.15) is 6.54 Å². The summed E-state index contributed by atoms with van der Waals surface area (Å²) >= 11 is 2.70. The average molecular weight is 353 g/mol.